The van der Waals surface area contributed by atoms with E-state index in [1.165, 1.54) is 25.7 Å². The molecule has 1 heterocycles. The van der Waals surface area contributed by atoms with Crippen LogP contribution in [0, 0.1) is 0 Å². The quantitative estimate of drug-likeness (QED) is 0.849. The van der Waals surface area contributed by atoms with Gasteiger partial charge in [0.1, 0.15) is 0 Å². The number of hydrogen-bond donors (Lipinski definition) is 1. The van der Waals surface area contributed by atoms with Crippen molar-refractivity contribution in [2.45, 2.75) is 63.5 Å². The zero-order valence-electron chi connectivity index (χ0n) is 11.4. The van der Waals surface area contributed by atoms with Gasteiger partial charge in [-0.05, 0) is 32.2 Å². The predicted molar refractivity (Wildman–Crippen MR) is 74.1 cm³/mol. The average molecular weight is 274 g/mol. The minimum atomic E-state index is -3.09. The van der Waals surface area contributed by atoms with Crippen LogP contribution in [0.3, 0.4) is 0 Å². The maximum atomic E-state index is 12.4. The zero-order chi connectivity index (χ0) is 13.0. The lowest BCUT2D eigenvalue weighted by molar-refractivity contribution is 0.283. The van der Waals surface area contributed by atoms with Crippen LogP contribution < -0.4 is 5.32 Å². The summed E-state index contributed by atoms with van der Waals surface area (Å²) in [5, 5.41) is 3.33. The molecule has 0 aromatic heterocycles. The lowest BCUT2D eigenvalue weighted by Gasteiger charge is -2.32. The number of piperidine rings is 1. The van der Waals surface area contributed by atoms with Crippen molar-refractivity contribution in [3.8, 4) is 0 Å². The molecule has 1 N–H and O–H groups in total. The van der Waals surface area contributed by atoms with Gasteiger partial charge in [-0.3, -0.25) is 0 Å². The monoisotopic (exact) mass is 274 g/mol. The summed E-state index contributed by atoms with van der Waals surface area (Å²) in [5.41, 5.74) is 0. The highest BCUT2D eigenvalue weighted by molar-refractivity contribution is 7.89. The molecule has 0 radical (unpaired) electrons. The summed E-state index contributed by atoms with van der Waals surface area (Å²) >= 11 is 0. The van der Waals surface area contributed by atoms with Crippen LogP contribution in [0.4, 0.5) is 0 Å². The Balaban J connectivity index is 1.91. The van der Waals surface area contributed by atoms with Crippen LogP contribution in [0.1, 0.15) is 51.4 Å². The molecule has 106 valence electrons. The molecule has 0 aromatic carbocycles. The normalized spacial score (nSPS) is 27.6. The van der Waals surface area contributed by atoms with E-state index in [-0.39, 0.29) is 17.8 Å². The summed E-state index contributed by atoms with van der Waals surface area (Å²) < 4.78 is 26.4. The summed E-state index contributed by atoms with van der Waals surface area (Å²) in [6, 6.07) is 0.405. The van der Waals surface area contributed by atoms with E-state index in [1.54, 1.807) is 11.4 Å². The standard InChI is InChI=1S/C13H26N2O2S/c1-15(13-8-3-2-4-9-13)18(16,17)11-12-7-5-6-10-14-12/h12-14H,2-11H2,1H3. The molecule has 0 spiro atoms. The first-order valence-corrected chi connectivity index (χ1v) is 8.89. The summed E-state index contributed by atoms with van der Waals surface area (Å²) in [6.45, 7) is 0.966. The SMILES string of the molecule is CN(C1CCCCC1)S(=O)(=O)CC1CCCCN1. The molecule has 1 aliphatic carbocycles. The summed E-state index contributed by atoms with van der Waals surface area (Å²) in [6.07, 6.45) is 9.00. The van der Waals surface area contributed by atoms with Gasteiger partial charge < -0.3 is 5.32 Å². The second kappa shape index (κ2) is 6.35. The Labute approximate surface area is 111 Å². The third kappa shape index (κ3) is 3.68. The first-order chi connectivity index (χ1) is 8.59. The molecule has 1 saturated carbocycles. The highest BCUT2D eigenvalue weighted by atomic mass is 32.2. The van der Waals surface area contributed by atoms with Crippen molar-refractivity contribution in [2.24, 2.45) is 0 Å². The summed E-state index contributed by atoms with van der Waals surface area (Å²) in [4.78, 5) is 0. The molecule has 0 amide bonds. The summed E-state index contributed by atoms with van der Waals surface area (Å²) in [7, 11) is -1.32. The Kier molecular flexibility index (Phi) is 5.04. The molecule has 4 nitrogen and oxygen atoms in total. The molecule has 2 aliphatic rings. The van der Waals surface area contributed by atoms with Crippen molar-refractivity contribution in [3.63, 3.8) is 0 Å². The smallest absolute Gasteiger partial charge is 0.215 e. The first kappa shape index (κ1) is 14.3. The van der Waals surface area contributed by atoms with Gasteiger partial charge in [-0.1, -0.05) is 25.7 Å². The van der Waals surface area contributed by atoms with E-state index in [0.29, 0.717) is 0 Å². The molecule has 0 aromatic rings. The van der Waals surface area contributed by atoms with Gasteiger partial charge in [0, 0.05) is 19.1 Å². The molecular weight excluding hydrogens is 248 g/mol. The van der Waals surface area contributed by atoms with Gasteiger partial charge in [-0.2, -0.15) is 0 Å². The predicted octanol–water partition coefficient (Wildman–Crippen LogP) is 1.72. The molecule has 2 fully saturated rings. The van der Waals surface area contributed by atoms with Gasteiger partial charge in [0.05, 0.1) is 5.75 Å². The van der Waals surface area contributed by atoms with Crippen molar-refractivity contribution >= 4 is 10.0 Å². The van der Waals surface area contributed by atoms with Crippen LogP contribution in [0.5, 0.6) is 0 Å². The zero-order valence-corrected chi connectivity index (χ0v) is 12.2. The third-order valence-corrected chi connectivity index (χ3v) is 6.35. The van der Waals surface area contributed by atoms with Crippen LogP contribution in [0.2, 0.25) is 0 Å². The Bertz CT molecular complexity index is 344. The second-order valence-corrected chi connectivity index (χ2v) is 7.81. The Morgan fingerprint density at radius 2 is 1.72 bits per heavy atom. The number of sulfonamides is 1. The molecule has 2 rings (SSSR count). The fraction of sp³-hybridized carbons (Fsp3) is 1.00. The lowest BCUT2D eigenvalue weighted by Crippen LogP contribution is -2.46. The van der Waals surface area contributed by atoms with Crippen molar-refractivity contribution in [1.29, 1.82) is 0 Å². The van der Waals surface area contributed by atoms with E-state index in [0.717, 1.165) is 32.2 Å². The average Bonchev–Trinajstić information content (AvgIpc) is 2.39. The molecule has 1 aliphatic heterocycles. The number of hydrogen-bond acceptors (Lipinski definition) is 3. The second-order valence-electron chi connectivity index (χ2n) is 5.73. The Morgan fingerprint density at radius 3 is 2.33 bits per heavy atom. The number of rotatable bonds is 4. The molecule has 5 heteroatoms. The van der Waals surface area contributed by atoms with Crippen molar-refractivity contribution < 1.29 is 8.42 Å². The maximum absolute atomic E-state index is 12.4. The van der Waals surface area contributed by atoms with E-state index < -0.39 is 10.0 Å². The highest BCUT2D eigenvalue weighted by Crippen LogP contribution is 2.24. The molecule has 1 saturated heterocycles. The van der Waals surface area contributed by atoms with Gasteiger partial charge >= 0.3 is 0 Å². The van der Waals surface area contributed by atoms with Crippen LogP contribution in [0.25, 0.3) is 0 Å². The van der Waals surface area contributed by atoms with Crippen LogP contribution in [0.15, 0.2) is 0 Å². The summed E-state index contributed by atoms with van der Waals surface area (Å²) in [5.74, 6) is 0.278. The van der Waals surface area contributed by atoms with Crippen molar-refractivity contribution in [1.82, 2.24) is 9.62 Å². The first-order valence-electron chi connectivity index (χ1n) is 7.29. The fourth-order valence-corrected chi connectivity index (χ4v) is 4.80. The molecule has 1 atom stereocenters. The third-order valence-electron chi connectivity index (χ3n) is 4.35. The van der Waals surface area contributed by atoms with Crippen molar-refractivity contribution in [2.75, 3.05) is 19.3 Å². The van der Waals surface area contributed by atoms with Crippen LogP contribution in [-0.4, -0.2) is 44.2 Å². The topological polar surface area (TPSA) is 49.4 Å². The largest absolute Gasteiger partial charge is 0.313 e. The Hall–Kier alpha value is -0.130. The van der Waals surface area contributed by atoms with E-state index in [4.69, 9.17) is 0 Å². The van der Waals surface area contributed by atoms with Gasteiger partial charge in [0.2, 0.25) is 10.0 Å². The Morgan fingerprint density at radius 1 is 1.06 bits per heavy atom. The molecule has 0 bridgehead atoms. The van der Waals surface area contributed by atoms with Crippen LogP contribution >= 0.6 is 0 Å². The van der Waals surface area contributed by atoms with E-state index in [9.17, 15) is 8.42 Å². The highest BCUT2D eigenvalue weighted by Gasteiger charge is 2.30. The minimum Gasteiger partial charge on any atom is -0.313 e. The minimum absolute atomic E-state index is 0.162. The molecule has 1 unspecified atom stereocenters. The van der Waals surface area contributed by atoms with E-state index in [2.05, 4.69) is 5.32 Å². The van der Waals surface area contributed by atoms with E-state index >= 15 is 0 Å². The molecular formula is C13H26N2O2S. The van der Waals surface area contributed by atoms with Crippen LogP contribution in [-0.2, 0) is 10.0 Å². The maximum Gasteiger partial charge on any atom is 0.215 e. The van der Waals surface area contributed by atoms with Gasteiger partial charge in [-0.15, -0.1) is 0 Å². The van der Waals surface area contributed by atoms with Gasteiger partial charge in [-0.25, -0.2) is 12.7 Å². The fourth-order valence-electron chi connectivity index (χ4n) is 3.11. The van der Waals surface area contributed by atoms with Gasteiger partial charge in [0.15, 0.2) is 0 Å². The number of nitrogens with one attached hydrogen (secondary N) is 1. The lowest BCUT2D eigenvalue weighted by atomic mass is 9.96. The van der Waals surface area contributed by atoms with Gasteiger partial charge in [0.25, 0.3) is 0 Å². The van der Waals surface area contributed by atoms with Crippen molar-refractivity contribution in [3.05, 3.63) is 0 Å². The molecule has 18 heavy (non-hydrogen) atoms. The van der Waals surface area contributed by atoms with E-state index in [1.807, 2.05) is 0 Å². The number of nitrogens with zero attached hydrogens (tertiary/aromatic N) is 1.